The van der Waals surface area contributed by atoms with Gasteiger partial charge in [0.25, 0.3) is 5.91 Å². The van der Waals surface area contributed by atoms with Crippen LogP contribution in [-0.2, 0) is 4.79 Å². The summed E-state index contributed by atoms with van der Waals surface area (Å²) in [6.07, 6.45) is 10.9. The number of carbonyl (C=O) groups is 2. The molecule has 1 aromatic rings. The summed E-state index contributed by atoms with van der Waals surface area (Å²) in [7, 11) is 0. The molecule has 0 bridgehead atoms. The van der Waals surface area contributed by atoms with E-state index in [1.165, 1.54) is 6.20 Å². The average Bonchev–Trinajstić information content (AvgIpc) is 3.52. The molecule has 1 saturated carbocycles. The normalized spacial score (nSPS) is 25.1. The zero-order chi connectivity index (χ0) is 17.9. The van der Waals surface area contributed by atoms with Crippen LogP contribution in [0.2, 0.25) is 0 Å². The highest BCUT2D eigenvalue weighted by atomic mass is 16.2. The quantitative estimate of drug-likeness (QED) is 0.872. The number of hydrogen-bond acceptors (Lipinski definition) is 5. The molecule has 3 heterocycles. The second kappa shape index (κ2) is 7.70. The predicted molar refractivity (Wildman–Crippen MR) is 96.4 cm³/mol. The van der Waals surface area contributed by atoms with Crippen LogP contribution < -0.4 is 5.32 Å². The molecular weight excluding hydrogens is 330 g/mol. The van der Waals surface area contributed by atoms with Gasteiger partial charge in [-0.15, -0.1) is 0 Å². The maximum atomic E-state index is 12.5. The third kappa shape index (κ3) is 4.03. The van der Waals surface area contributed by atoms with E-state index < -0.39 is 0 Å². The standard InChI is InChI=1S/C19H27N5O2/c25-18(22-15-3-4-15)14-2-1-9-24(13-14)16-5-10-23(11-6-16)19(26)17-12-20-7-8-21-17/h7-8,12,14-16H,1-6,9-11,13H2,(H,22,25)/t14-/m0/s1. The number of likely N-dealkylation sites (tertiary alicyclic amines) is 2. The molecule has 1 aromatic heterocycles. The van der Waals surface area contributed by atoms with Crippen LogP contribution in [0.3, 0.4) is 0 Å². The number of aromatic nitrogens is 2. The number of nitrogens with zero attached hydrogens (tertiary/aromatic N) is 4. The Kier molecular flexibility index (Phi) is 5.15. The molecule has 0 radical (unpaired) electrons. The first-order chi connectivity index (χ1) is 12.7. The van der Waals surface area contributed by atoms with Crippen LogP contribution in [0.1, 0.15) is 49.0 Å². The van der Waals surface area contributed by atoms with E-state index in [-0.39, 0.29) is 17.7 Å². The monoisotopic (exact) mass is 357 g/mol. The summed E-state index contributed by atoms with van der Waals surface area (Å²) >= 11 is 0. The van der Waals surface area contributed by atoms with Gasteiger partial charge >= 0.3 is 0 Å². The molecule has 1 atom stereocenters. The fraction of sp³-hybridized carbons (Fsp3) is 0.684. The van der Waals surface area contributed by atoms with Gasteiger partial charge in [-0.1, -0.05) is 0 Å². The number of carbonyl (C=O) groups excluding carboxylic acids is 2. The van der Waals surface area contributed by atoms with Crippen molar-refractivity contribution in [2.75, 3.05) is 26.2 Å². The van der Waals surface area contributed by atoms with Gasteiger partial charge in [0, 0.05) is 44.1 Å². The number of rotatable bonds is 4. The summed E-state index contributed by atoms with van der Waals surface area (Å²) in [5.41, 5.74) is 0.417. The lowest BCUT2D eigenvalue weighted by atomic mass is 9.93. The fourth-order valence-corrected chi connectivity index (χ4v) is 4.10. The Hall–Kier alpha value is -2.02. The topological polar surface area (TPSA) is 78.4 Å². The van der Waals surface area contributed by atoms with Gasteiger partial charge in [0.2, 0.25) is 5.91 Å². The van der Waals surface area contributed by atoms with E-state index in [9.17, 15) is 9.59 Å². The molecule has 2 saturated heterocycles. The molecule has 4 rings (SSSR count). The van der Waals surface area contributed by atoms with Gasteiger partial charge in [0.05, 0.1) is 12.1 Å². The van der Waals surface area contributed by atoms with Gasteiger partial charge in [-0.2, -0.15) is 0 Å². The zero-order valence-corrected chi connectivity index (χ0v) is 15.1. The third-order valence-electron chi connectivity index (χ3n) is 5.80. The smallest absolute Gasteiger partial charge is 0.274 e. The van der Waals surface area contributed by atoms with Crippen molar-refractivity contribution in [2.45, 2.75) is 50.6 Å². The summed E-state index contributed by atoms with van der Waals surface area (Å²) in [5.74, 6) is 0.341. The molecule has 2 aliphatic heterocycles. The van der Waals surface area contributed by atoms with E-state index in [2.05, 4.69) is 20.2 Å². The molecule has 140 valence electrons. The molecule has 1 aliphatic carbocycles. The first kappa shape index (κ1) is 17.4. The van der Waals surface area contributed by atoms with E-state index in [1.54, 1.807) is 12.4 Å². The molecular formula is C19H27N5O2. The Morgan fingerprint density at radius 1 is 1.04 bits per heavy atom. The Morgan fingerprint density at radius 3 is 2.54 bits per heavy atom. The van der Waals surface area contributed by atoms with Crippen molar-refractivity contribution in [2.24, 2.45) is 5.92 Å². The minimum absolute atomic E-state index is 0.0307. The second-order valence-corrected chi connectivity index (χ2v) is 7.73. The van der Waals surface area contributed by atoms with E-state index in [1.807, 2.05) is 4.90 Å². The highest BCUT2D eigenvalue weighted by Gasteiger charge is 2.34. The van der Waals surface area contributed by atoms with Crippen molar-refractivity contribution in [3.05, 3.63) is 24.3 Å². The molecule has 7 nitrogen and oxygen atoms in total. The molecule has 0 spiro atoms. The van der Waals surface area contributed by atoms with E-state index in [4.69, 9.17) is 0 Å². The summed E-state index contributed by atoms with van der Waals surface area (Å²) < 4.78 is 0. The first-order valence-corrected chi connectivity index (χ1v) is 9.80. The van der Waals surface area contributed by atoms with E-state index in [0.717, 1.165) is 64.7 Å². The second-order valence-electron chi connectivity index (χ2n) is 7.73. The molecule has 2 amide bonds. The van der Waals surface area contributed by atoms with Crippen LogP contribution >= 0.6 is 0 Å². The highest BCUT2D eigenvalue weighted by Crippen LogP contribution is 2.26. The Morgan fingerprint density at radius 2 is 1.85 bits per heavy atom. The molecule has 0 unspecified atom stereocenters. The van der Waals surface area contributed by atoms with Gasteiger partial charge < -0.3 is 10.2 Å². The number of amides is 2. The zero-order valence-electron chi connectivity index (χ0n) is 15.1. The Bertz CT molecular complexity index is 641. The van der Waals surface area contributed by atoms with Crippen LogP contribution in [0.15, 0.2) is 18.6 Å². The summed E-state index contributed by atoms with van der Waals surface area (Å²) in [6, 6.07) is 0.908. The maximum Gasteiger partial charge on any atom is 0.274 e. The minimum Gasteiger partial charge on any atom is -0.353 e. The van der Waals surface area contributed by atoms with Crippen molar-refractivity contribution >= 4 is 11.8 Å². The minimum atomic E-state index is -0.0307. The molecule has 7 heteroatoms. The largest absolute Gasteiger partial charge is 0.353 e. The average molecular weight is 357 g/mol. The number of nitrogens with one attached hydrogen (secondary N) is 1. The third-order valence-corrected chi connectivity index (χ3v) is 5.80. The lowest BCUT2D eigenvalue weighted by molar-refractivity contribution is -0.127. The SMILES string of the molecule is O=C(NC1CC1)[C@H]1CCCN(C2CCN(C(=O)c3cnccn3)CC2)C1. The van der Waals surface area contributed by atoms with Gasteiger partial charge in [-0.25, -0.2) is 4.98 Å². The van der Waals surface area contributed by atoms with Crippen molar-refractivity contribution < 1.29 is 9.59 Å². The Balaban J connectivity index is 1.28. The summed E-state index contributed by atoms with van der Waals surface area (Å²) in [5, 5.41) is 3.16. The predicted octanol–water partition coefficient (Wildman–Crippen LogP) is 1.07. The maximum absolute atomic E-state index is 12.5. The molecule has 3 aliphatic rings. The van der Waals surface area contributed by atoms with Crippen LogP contribution in [0.25, 0.3) is 0 Å². The van der Waals surface area contributed by atoms with E-state index in [0.29, 0.717) is 17.8 Å². The van der Waals surface area contributed by atoms with Gasteiger partial charge in [-0.3, -0.25) is 19.5 Å². The fourth-order valence-electron chi connectivity index (χ4n) is 4.10. The van der Waals surface area contributed by atoms with Crippen LogP contribution in [-0.4, -0.2) is 69.8 Å². The highest BCUT2D eigenvalue weighted by molar-refractivity contribution is 5.92. The van der Waals surface area contributed by atoms with E-state index >= 15 is 0 Å². The lowest BCUT2D eigenvalue weighted by Gasteiger charge is -2.42. The van der Waals surface area contributed by atoms with Gasteiger partial charge in [0.1, 0.15) is 5.69 Å². The summed E-state index contributed by atoms with van der Waals surface area (Å²) in [4.78, 5) is 37.3. The molecule has 26 heavy (non-hydrogen) atoms. The van der Waals surface area contributed by atoms with Crippen molar-refractivity contribution in [1.82, 2.24) is 25.1 Å². The van der Waals surface area contributed by atoms with Crippen LogP contribution in [0.5, 0.6) is 0 Å². The van der Waals surface area contributed by atoms with Crippen molar-refractivity contribution in [3.8, 4) is 0 Å². The van der Waals surface area contributed by atoms with Crippen LogP contribution in [0.4, 0.5) is 0 Å². The van der Waals surface area contributed by atoms with Gasteiger partial charge in [-0.05, 0) is 45.1 Å². The van der Waals surface area contributed by atoms with Crippen LogP contribution in [0, 0.1) is 5.92 Å². The number of hydrogen-bond donors (Lipinski definition) is 1. The first-order valence-electron chi connectivity index (χ1n) is 9.80. The summed E-state index contributed by atoms with van der Waals surface area (Å²) in [6.45, 7) is 3.42. The van der Waals surface area contributed by atoms with Crippen molar-refractivity contribution in [3.63, 3.8) is 0 Å². The van der Waals surface area contributed by atoms with Gasteiger partial charge in [0.15, 0.2) is 0 Å². The Labute approximate surface area is 154 Å². The lowest BCUT2D eigenvalue weighted by Crippen LogP contribution is -2.51. The van der Waals surface area contributed by atoms with Crippen molar-refractivity contribution in [1.29, 1.82) is 0 Å². The number of piperidine rings is 2. The molecule has 3 fully saturated rings. The molecule has 0 aromatic carbocycles. The molecule has 1 N–H and O–H groups in total.